The number of benzene rings is 1. The molecule has 2 rings (SSSR count). The van der Waals surface area contributed by atoms with Crippen LogP contribution in [-0.4, -0.2) is 33.0 Å². The van der Waals surface area contributed by atoms with Crippen molar-refractivity contribution in [2.24, 2.45) is 13.5 Å². The number of rotatable bonds is 13. The van der Waals surface area contributed by atoms with E-state index in [1.807, 2.05) is 58.9 Å². The lowest BCUT2D eigenvalue weighted by Gasteiger charge is -2.32. The van der Waals surface area contributed by atoms with Gasteiger partial charge in [-0.1, -0.05) is 24.8 Å². The molecule has 1 heterocycles. The lowest BCUT2D eigenvalue weighted by Crippen LogP contribution is -2.05. The molecule has 0 spiro atoms. The molecule has 1 aliphatic heterocycles. The highest BCUT2D eigenvalue weighted by Crippen LogP contribution is 2.80. The van der Waals surface area contributed by atoms with Crippen molar-refractivity contribution in [1.29, 1.82) is 0 Å². The van der Waals surface area contributed by atoms with E-state index in [1.165, 1.54) is 0 Å². The molecule has 1 aromatic rings. The van der Waals surface area contributed by atoms with Crippen LogP contribution >= 0.6 is 23.0 Å². The topological polar surface area (TPSA) is 92.5 Å². The molecule has 12 heteroatoms. The number of hydrogen-bond acceptors (Lipinski definition) is 9. The Morgan fingerprint density at radius 1 is 0.667 bits per heavy atom. The summed E-state index contributed by atoms with van der Waals surface area (Å²) in [6.07, 6.45) is 1.76. The molecule has 0 aliphatic carbocycles. The fraction of sp³-hybridized carbons (Fsp3) is 0.556. The van der Waals surface area contributed by atoms with Crippen LogP contribution in [0.1, 0.15) is 40.2 Å². The van der Waals surface area contributed by atoms with Gasteiger partial charge in [0.15, 0.2) is 0 Å². The molecule has 1 atom stereocenters. The van der Waals surface area contributed by atoms with Crippen LogP contribution in [0.15, 0.2) is 44.4 Å². The van der Waals surface area contributed by atoms with Crippen LogP contribution in [0.3, 0.4) is 0 Å². The molecule has 30 heavy (non-hydrogen) atoms. The summed E-state index contributed by atoms with van der Waals surface area (Å²) >= 11 is 0. The SMILES string of the molecule is C=Cc1ccc(OP2(OCC)=NP(OCC)(OCC)=NP(OCC)(OCC)=N2)cc1. The Balaban J connectivity index is 2.74. The standard InChI is InChI=1S/C18H32N3O6P3/c1-7-17-13-15-18(16-14-17)27-30(26-12-6)20-28(22-8-2,23-9-3)19-29(21-30,24-10-4)25-11-5/h7,13-16H,1,8-12H2,2-6H3. The summed E-state index contributed by atoms with van der Waals surface area (Å²) in [5.41, 5.74) is 0.967. The Labute approximate surface area is 179 Å². The van der Waals surface area contributed by atoms with Gasteiger partial charge < -0.3 is 22.6 Å². The van der Waals surface area contributed by atoms with Gasteiger partial charge in [-0.3, -0.25) is 4.52 Å². The molecule has 170 valence electrons. The minimum Gasteiger partial charge on any atom is -0.422 e. The fourth-order valence-electron chi connectivity index (χ4n) is 2.52. The Morgan fingerprint density at radius 2 is 1.03 bits per heavy atom. The van der Waals surface area contributed by atoms with Gasteiger partial charge in [0.05, 0.1) is 33.0 Å². The summed E-state index contributed by atoms with van der Waals surface area (Å²) in [7, 11) is -9.54. The molecule has 1 aromatic carbocycles. The van der Waals surface area contributed by atoms with Crippen LogP contribution in [0.2, 0.25) is 0 Å². The van der Waals surface area contributed by atoms with E-state index in [9.17, 15) is 0 Å². The summed E-state index contributed by atoms with van der Waals surface area (Å²) < 4.78 is 50.3. The number of hydrogen-bond donors (Lipinski definition) is 0. The normalized spacial score (nSPS) is 21.8. The molecule has 0 fully saturated rings. The van der Waals surface area contributed by atoms with Crippen LogP contribution in [0.25, 0.3) is 6.08 Å². The van der Waals surface area contributed by atoms with Gasteiger partial charge >= 0.3 is 23.0 Å². The van der Waals surface area contributed by atoms with Gasteiger partial charge in [-0.2, -0.15) is 0 Å². The van der Waals surface area contributed by atoms with E-state index >= 15 is 0 Å². The van der Waals surface area contributed by atoms with Crippen LogP contribution < -0.4 is 4.52 Å². The average Bonchev–Trinajstić information content (AvgIpc) is 2.69. The molecule has 1 aliphatic rings. The van der Waals surface area contributed by atoms with Crippen molar-refractivity contribution < 1.29 is 27.1 Å². The Morgan fingerprint density at radius 3 is 1.43 bits per heavy atom. The van der Waals surface area contributed by atoms with Crippen molar-refractivity contribution in [3.8, 4) is 5.75 Å². The first kappa shape index (κ1) is 25.5. The highest BCUT2D eigenvalue weighted by molar-refractivity contribution is 7.78. The van der Waals surface area contributed by atoms with Crippen LogP contribution in [-0.2, 0) is 22.6 Å². The number of nitrogens with zero attached hydrogens (tertiary/aromatic N) is 3. The first-order valence-electron chi connectivity index (χ1n) is 10.00. The second-order valence-electron chi connectivity index (χ2n) is 5.69. The lowest BCUT2D eigenvalue weighted by atomic mass is 10.2. The van der Waals surface area contributed by atoms with Crippen LogP contribution in [0, 0.1) is 0 Å². The van der Waals surface area contributed by atoms with Crippen molar-refractivity contribution in [2.45, 2.75) is 34.6 Å². The predicted octanol–water partition coefficient (Wildman–Crippen LogP) is 7.74. The predicted molar refractivity (Wildman–Crippen MR) is 123 cm³/mol. The van der Waals surface area contributed by atoms with Gasteiger partial charge in [0.25, 0.3) is 0 Å². The molecule has 0 saturated carbocycles. The van der Waals surface area contributed by atoms with E-state index in [-0.39, 0.29) is 0 Å². The molecule has 0 aromatic heterocycles. The maximum absolute atomic E-state index is 6.28. The highest BCUT2D eigenvalue weighted by atomic mass is 31.3. The molecule has 1 unspecified atom stereocenters. The van der Waals surface area contributed by atoms with Gasteiger partial charge in [-0.05, 0) is 52.3 Å². The van der Waals surface area contributed by atoms with Gasteiger partial charge in [-0.15, -0.1) is 13.5 Å². The minimum absolute atomic E-state index is 0.321. The van der Waals surface area contributed by atoms with Crippen LogP contribution in [0.5, 0.6) is 5.75 Å². The quantitative estimate of drug-likeness (QED) is 0.269. The van der Waals surface area contributed by atoms with Crippen molar-refractivity contribution >= 4 is 29.1 Å². The molecule has 9 nitrogen and oxygen atoms in total. The third-order valence-electron chi connectivity index (χ3n) is 3.50. The third kappa shape index (κ3) is 6.38. The van der Waals surface area contributed by atoms with Gasteiger partial charge in [0, 0.05) is 0 Å². The van der Waals surface area contributed by atoms with E-state index in [2.05, 4.69) is 6.58 Å². The van der Waals surface area contributed by atoms with E-state index in [4.69, 9.17) is 40.7 Å². The zero-order valence-corrected chi connectivity index (χ0v) is 20.9. The van der Waals surface area contributed by atoms with Crippen molar-refractivity contribution in [3.63, 3.8) is 0 Å². The molecule has 0 radical (unpaired) electrons. The van der Waals surface area contributed by atoms with E-state index in [1.54, 1.807) is 6.08 Å². The average molecular weight is 479 g/mol. The Kier molecular flexibility index (Phi) is 9.99. The summed E-state index contributed by atoms with van der Waals surface area (Å²) in [5.74, 6) is 0.550. The molecular formula is C18H32N3O6P3. The Bertz CT molecular complexity index is 837. The van der Waals surface area contributed by atoms with Crippen molar-refractivity contribution in [3.05, 3.63) is 36.4 Å². The zero-order chi connectivity index (χ0) is 22.1. The van der Waals surface area contributed by atoms with E-state index in [0.717, 1.165) is 5.56 Å². The summed E-state index contributed by atoms with van der Waals surface area (Å²) in [4.78, 5) is 0. The highest BCUT2D eigenvalue weighted by Gasteiger charge is 2.43. The molecule has 0 saturated heterocycles. The maximum Gasteiger partial charge on any atom is 0.402 e. The van der Waals surface area contributed by atoms with E-state index < -0.39 is 23.0 Å². The summed E-state index contributed by atoms with van der Waals surface area (Å²) in [6, 6.07) is 7.41. The van der Waals surface area contributed by atoms with Gasteiger partial charge in [0.1, 0.15) is 5.75 Å². The third-order valence-corrected chi connectivity index (χ3v) is 12.4. The first-order chi connectivity index (χ1) is 14.4. The molecule has 0 N–H and O–H groups in total. The summed E-state index contributed by atoms with van der Waals surface area (Å²) in [5, 5.41) is 0. The Hall–Kier alpha value is -0.750. The first-order valence-corrected chi connectivity index (χ1v) is 14.6. The van der Waals surface area contributed by atoms with Crippen LogP contribution in [0.4, 0.5) is 0 Å². The molecule has 0 amide bonds. The fourth-order valence-corrected chi connectivity index (χ4v) is 12.0. The largest absolute Gasteiger partial charge is 0.422 e. The molecular weight excluding hydrogens is 447 g/mol. The van der Waals surface area contributed by atoms with Crippen molar-refractivity contribution in [1.82, 2.24) is 0 Å². The summed E-state index contributed by atoms with van der Waals surface area (Å²) in [6.45, 7) is 14.8. The minimum atomic E-state index is -3.27. The maximum atomic E-state index is 6.28. The lowest BCUT2D eigenvalue weighted by molar-refractivity contribution is 0.243. The van der Waals surface area contributed by atoms with E-state index in [0.29, 0.717) is 38.8 Å². The smallest absolute Gasteiger partial charge is 0.402 e. The molecule has 0 bridgehead atoms. The second-order valence-corrected chi connectivity index (χ2v) is 12.3. The van der Waals surface area contributed by atoms with Gasteiger partial charge in [0.2, 0.25) is 0 Å². The monoisotopic (exact) mass is 479 g/mol. The van der Waals surface area contributed by atoms with Crippen molar-refractivity contribution in [2.75, 3.05) is 33.0 Å². The zero-order valence-electron chi connectivity index (χ0n) is 18.3. The van der Waals surface area contributed by atoms with Gasteiger partial charge in [-0.25, -0.2) is 0 Å². The second kappa shape index (κ2) is 11.8.